The molecule has 0 aromatic heterocycles. The minimum absolute atomic E-state index is 0.0272. The minimum Gasteiger partial charge on any atom is -0.483 e. The fourth-order valence-electron chi connectivity index (χ4n) is 2.21. The number of carbonyl (C=O) groups excluding carboxylic acids is 1. The number of rotatable bonds is 6. The maximum Gasteiger partial charge on any atom is 0.258 e. The summed E-state index contributed by atoms with van der Waals surface area (Å²) >= 11 is 0. The molecular formula is C15H22N2O2. The van der Waals surface area contributed by atoms with Crippen LogP contribution in [0.5, 0.6) is 5.75 Å². The first kappa shape index (κ1) is 13.9. The van der Waals surface area contributed by atoms with Crippen molar-refractivity contribution in [2.75, 3.05) is 13.7 Å². The molecule has 1 fully saturated rings. The van der Waals surface area contributed by atoms with Crippen molar-refractivity contribution in [2.24, 2.45) is 0 Å². The van der Waals surface area contributed by atoms with Crippen molar-refractivity contribution in [3.63, 3.8) is 0 Å². The van der Waals surface area contributed by atoms with Gasteiger partial charge in [0.15, 0.2) is 6.61 Å². The van der Waals surface area contributed by atoms with Crippen LogP contribution in [0.1, 0.15) is 29.5 Å². The molecule has 0 aliphatic heterocycles. The Morgan fingerprint density at radius 2 is 1.95 bits per heavy atom. The molecule has 4 heteroatoms. The fourth-order valence-corrected chi connectivity index (χ4v) is 2.21. The summed E-state index contributed by atoms with van der Waals surface area (Å²) in [6, 6.07) is 4.58. The third-order valence-corrected chi connectivity index (χ3v) is 3.19. The first-order valence-electron chi connectivity index (χ1n) is 6.77. The van der Waals surface area contributed by atoms with Crippen LogP contribution in [0.4, 0.5) is 0 Å². The van der Waals surface area contributed by atoms with Gasteiger partial charge < -0.3 is 15.4 Å². The van der Waals surface area contributed by atoms with E-state index in [1.54, 1.807) is 0 Å². The summed E-state index contributed by atoms with van der Waals surface area (Å²) in [4.78, 5) is 11.6. The summed E-state index contributed by atoms with van der Waals surface area (Å²) in [5, 5.41) is 6.05. The molecule has 2 N–H and O–H groups in total. The molecule has 0 spiro atoms. The Morgan fingerprint density at radius 1 is 1.32 bits per heavy atom. The fraction of sp³-hybridized carbons (Fsp3) is 0.533. The van der Waals surface area contributed by atoms with Gasteiger partial charge in [-0.05, 0) is 50.4 Å². The average molecular weight is 262 g/mol. The summed E-state index contributed by atoms with van der Waals surface area (Å²) in [5.41, 5.74) is 3.38. The van der Waals surface area contributed by atoms with Gasteiger partial charge in [0.2, 0.25) is 0 Å². The summed E-state index contributed by atoms with van der Waals surface area (Å²) < 4.78 is 5.66. The van der Waals surface area contributed by atoms with Gasteiger partial charge in [-0.3, -0.25) is 4.79 Å². The molecule has 0 saturated heterocycles. The van der Waals surface area contributed by atoms with Crippen LogP contribution >= 0.6 is 0 Å². The van der Waals surface area contributed by atoms with Gasteiger partial charge in [0, 0.05) is 12.6 Å². The van der Waals surface area contributed by atoms with Crippen LogP contribution in [0.2, 0.25) is 0 Å². The van der Waals surface area contributed by atoms with Crippen molar-refractivity contribution in [2.45, 2.75) is 39.3 Å². The van der Waals surface area contributed by atoms with Crippen molar-refractivity contribution < 1.29 is 9.53 Å². The van der Waals surface area contributed by atoms with Gasteiger partial charge in [-0.1, -0.05) is 12.1 Å². The van der Waals surface area contributed by atoms with Crippen molar-refractivity contribution >= 4 is 5.91 Å². The summed E-state index contributed by atoms with van der Waals surface area (Å²) in [6.07, 6.45) is 2.20. The predicted molar refractivity (Wildman–Crippen MR) is 75.3 cm³/mol. The molecule has 0 heterocycles. The lowest BCUT2D eigenvalue weighted by Crippen LogP contribution is -2.30. The molecule has 19 heavy (non-hydrogen) atoms. The second-order valence-corrected chi connectivity index (χ2v) is 5.22. The van der Waals surface area contributed by atoms with Crippen LogP contribution in [-0.2, 0) is 11.3 Å². The molecule has 0 radical (unpaired) electrons. The maximum absolute atomic E-state index is 11.6. The zero-order chi connectivity index (χ0) is 13.8. The largest absolute Gasteiger partial charge is 0.483 e. The highest BCUT2D eigenvalue weighted by atomic mass is 16.5. The van der Waals surface area contributed by atoms with E-state index in [-0.39, 0.29) is 12.5 Å². The van der Waals surface area contributed by atoms with E-state index in [1.165, 1.54) is 5.56 Å². The monoisotopic (exact) mass is 262 g/mol. The van der Waals surface area contributed by atoms with Gasteiger partial charge >= 0.3 is 0 Å². The zero-order valence-electron chi connectivity index (χ0n) is 11.9. The van der Waals surface area contributed by atoms with Gasteiger partial charge in [0.05, 0.1) is 0 Å². The molecule has 0 atom stereocenters. The van der Waals surface area contributed by atoms with Crippen LogP contribution < -0.4 is 15.4 Å². The van der Waals surface area contributed by atoms with Crippen LogP contribution in [0, 0.1) is 13.8 Å². The predicted octanol–water partition coefficient (Wildman–Crippen LogP) is 1.68. The molecule has 1 amide bonds. The van der Waals surface area contributed by atoms with E-state index in [2.05, 4.69) is 22.8 Å². The van der Waals surface area contributed by atoms with Crippen LogP contribution in [0.3, 0.4) is 0 Å². The lowest BCUT2D eigenvalue weighted by atomic mass is 10.1. The number of ether oxygens (including phenoxy) is 1. The Morgan fingerprint density at radius 3 is 2.47 bits per heavy atom. The molecule has 0 unspecified atom stereocenters. The molecule has 2 rings (SSSR count). The van der Waals surface area contributed by atoms with E-state index in [0.717, 1.165) is 36.3 Å². The summed E-state index contributed by atoms with van der Waals surface area (Å²) in [6.45, 7) is 4.97. The molecule has 104 valence electrons. The number of hydrogen-bond acceptors (Lipinski definition) is 3. The summed E-state index contributed by atoms with van der Waals surface area (Å²) in [7, 11) is 1.93. The van der Waals surface area contributed by atoms with Crippen LogP contribution in [0.15, 0.2) is 12.1 Å². The van der Waals surface area contributed by atoms with Gasteiger partial charge in [0.25, 0.3) is 5.91 Å². The smallest absolute Gasteiger partial charge is 0.258 e. The number of hydrogen-bond donors (Lipinski definition) is 2. The van der Waals surface area contributed by atoms with Gasteiger partial charge in [-0.2, -0.15) is 0 Å². The van der Waals surface area contributed by atoms with E-state index in [4.69, 9.17) is 4.74 Å². The first-order valence-corrected chi connectivity index (χ1v) is 6.77. The topological polar surface area (TPSA) is 50.4 Å². The lowest BCUT2D eigenvalue weighted by molar-refractivity contribution is -0.123. The highest BCUT2D eigenvalue weighted by molar-refractivity contribution is 5.78. The Balaban J connectivity index is 1.96. The Bertz CT molecular complexity index is 444. The molecular weight excluding hydrogens is 240 g/mol. The Labute approximate surface area is 114 Å². The highest BCUT2D eigenvalue weighted by Gasteiger charge is 2.23. The Kier molecular flexibility index (Phi) is 4.43. The maximum atomic E-state index is 11.6. The van der Waals surface area contributed by atoms with E-state index in [0.29, 0.717) is 6.04 Å². The van der Waals surface area contributed by atoms with Gasteiger partial charge in [0.1, 0.15) is 5.75 Å². The molecule has 1 aromatic rings. The molecule has 1 aliphatic carbocycles. The second kappa shape index (κ2) is 6.06. The number of carbonyl (C=O) groups is 1. The number of benzene rings is 1. The zero-order valence-corrected chi connectivity index (χ0v) is 11.9. The van der Waals surface area contributed by atoms with Crippen LogP contribution in [-0.4, -0.2) is 25.6 Å². The van der Waals surface area contributed by atoms with Crippen molar-refractivity contribution in [3.8, 4) is 5.75 Å². The number of aryl methyl sites for hydroxylation is 2. The van der Waals surface area contributed by atoms with E-state index in [1.807, 2.05) is 20.9 Å². The quantitative estimate of drug-likeness (QED) is 0.820. The number of nitrogens with one attached hydrogen (secondary N) is 2. The van der Waals surface area contributed by atoms with Crippen molar-refractivity contribution in [1.29, 1.82) is 0 Å². The third-order valence-electron chi connectivity index (χ3n) is 3.19. The third kappa shape index (κ3) is 3.96. The highest BCUT2D eigenvalue weighted by Crippen LogP contribution is 2.25. The summed E-state index contributed by atoms with van der Waals surface area (Å²) in [5.74, 6) is 0.798. The van der Waals surface area contributed by atoms with Crippen LogP contribution in [0.25, 0.3) is 0 Å². The molecule has 1 aromatic carbocycles. The van der Waals surface area contributed by atoms with E-state index in [9.17, 15) is 4.79 Å². The molecule has 0 bridgehead atoms. The van der Waals surface area contributed by atoms with Crippen molar-refractivity contribution in [1.82, 2.24) is 10.6 Å². The van der Waals surface area contributed by atoms with E-state index < -0.39 is 0 Å². The average Bonchev–Trinajstić information content (AvgIpc) is 3.12. The molecule has 4 nitrogen and oxygen atoms in total. The standard InChI is InChI=1S/C15H22N2O2/c1-10-6-12(8-16-3)7-11(2)15(10)19-9-14(18)17-13-4-5-13/h6-7,13,16H,4-5,8-9H2,1-3H3,(H,17,18). The minimum atomic E-state index is -0.0272. The second-order valence-electron chi connectivity index (χ2n) is 5.22. The Hall–Kier alpha value is -1.55. The molecule has 1 saturated carbocycles. The molecule has 1 aliphatic rings. The number of amides is 1. The normalized spacial score (nSPS) is 14.3. The lowest BCUT2D eigenvalue weighted by Gasteiger charge is -2.14. The first-order chi connectivity index (χ1) is 9.10. The van der Waals surface area contributed by atoms with E-state index >= 15 is 0 Å². The van der Waals surface area contributed by atoms with Crippen molar-refractivity contribution in [3.05, 3.63) is 28.8 Å². The van der Waals surface area contributed by atoms with Gasteiger partial charge in [-0.25, -0.2) is 0 Å². The SMILES string of the molecule is CNCc1cc(C)c(OCC(=O)NC2CC2)c(C)c1. The van der Waals surface area contributed by atoms with Gasteiger partial charge in [-0.15, -0.1) is 0 Å².